The van der Waals surface area contributed by atoms with Crippen LogP contribution in [-0.4, -0.2) is 25.0 Å². The molecule has 0 spiro atoms. The molecule has 29 heavy (non-hydrogen) atoms. The Morgan fingerprint density at radius 2 is 1.76 bits per heavy atom. The first-order chi connectivity index (χ1) is 14.2. The van der Waals surface area contributed by atoms with E-state index >= 15 is 0 Å². The fraction of sp³-hybridized carbons (Fsp3) is 0.125. The SMILES string of the molecule is COc1ccc(C2C(C(=O)O)=C(c3ccc4c(c3)OCO4)c3ccccc32)cc1. The second-order valence-corrected chi connectivity index (χ2v) is 6.96. The smallest absolute Gasteiger partial charge is 0.333 e. The lowest BCUT2D eigenvalue weighted by molar-refractivity contribution is -0.132. The monoisotopic (exact) mass is 386 g/mol. The lowest BCUT2D eigenvalue weighted by Gasteiger charge is -2.15. The number of aliphatic carboxylic acids is 1. The largest absolute Gasteiger partial charge is 0.497 e. The molecule has 0 saturated heterocycles. The van der Waals surface area contributed by atoms with Crippen LogP contribution in [0.15, 0.2) is 72.3 Å². The van der Waals surface area contributed by atoms with Crippen molar-refractivity contribution in [2.24, 2.45) is 0 Å². The molecule has 3 aromatic rings. The van der Waals surface area contributed by atoms with Crippen molar-refractivity contribution in [3.05, 3.63) is 94.6 Å². The molecule has 5 nitrogen and oxygen atoms in total. The predicted molar refractivity (Wildman–Crippen MR) is 108 cm³/mol. The van der Waals surface area contributed by atoms with Gasteiger partial charge in [0.05, 0.1) is 12.7 Å². The molecule has 2 aliphatic rings. The highest BCUT2D eigenvalue weighted by Gasteiger charge is 2.37. The molecule has 1 unspecified atom stereocenters. The Morgan fingerprint density at radius 3 is 2.52 bits per heavy atom. The Hall–Kier alpha value is -3.73. The quantitative estimate of drug-likeness (QED) is 0.717. The molecule has 0 aromatic heterocycles. The Labute approximate surface area is 167 Å². The fourth-order valence-electron chi connectivity index (χ4n) is 4.16. The molecule has 144 valence electrons. The first-order valence-corrected chi connectivity index (χ1v) is 9.28. The van der Waals surface area contributed by atoms with Gasteiger partial charge in [-0.05, 0) is 46.5 Å². The van der Waals surface area contributed by atoms with Crippen molar-refractivity contribution < 1.29 is 24.1 Å². The maximum absolute atomic E-state index is 12.5. The number of hydrogen-bond donors (Lipinski definition) is 1. The first kappa shape index (κ1) is 17.4. The molecule has 1 heterocycles. The molecule has 0 saturated carbocycles. The van der Waals surface area contributed by atoms with Crippen molar-refractivity contribution in [3.8, 4) is 17.2 Å². The van der Waals surface area contributed by atoms with Gasteiger partial charge in [0.15, 0.2) is 11.5 Å². The summed E-state index contributed by atoms with van der Waals surface area (Å²) in [4.78, 5) is 12.5. The van der Waals surface area contributed by atoms with Gasteiger partial charge in [-0.15, -0.1) is 0 Å². The second-order valence-electron chi connectivity index (χ2n) is 6.96. The topological polar surface area (TPSA) is 65.0 Å². The minimum absolute atomic E-state index is 0.175. The summed E-state index contributed by atoms with van der Waals surface area (Å²) in [5.41, 5.74) is 4.68. The van der Waals surface area contributed by atoms with Gasteiger partial charge in [-0.25, -0.2) is 4.79 Å². The van der Waals surface area contributed by atoms with Gasteiger partial charge >= 0.3 is 5.97 Å². The van der Waals surface area contributed by atoms with E-state index in [1.165, 1.54) is 0 Å². The average Bonchev–Trinajstić information content (AvgIpc) is 3.35. The van der Waals surface area contributed by atoms with Crippen LogP contribution in [0.4, 0.5) is 0 Å². The molecule has 1 atom stereocenters. The van der Waals surface area contributed by atoms with E-state index in [-0.39, 0.29) is 12.7 Å². The summed E-state index contributed by atoms with van der Waals surface area (Å²) in [6, 6.07) is 21.0. The summed E-state index contributed by atoms with van der Waals surface area (Å²) in [6.45, 7) is 0.175. The number of rotatable bonds is 4. The van der Waals surface area contributed by atoms with Gasteiger partial charge in [0.2, 0.25) is 6.79 Å². The molecule has 0 radical (unpaired) electrons. The minimum Gasteiger partial charge on any atom is -0.497 e. The highest BCUT2D eigenvalue weighted by molar-refractivity contribution is 6.06. The summed E-state index contributed by atoms with van der Waals surface area (Å²) in [6.07, 6.45) is 0. The number of carboxylic acid groups (broad SMARTS) is 1. The van der Waals surface area contributed by atoms with E-state index in [2.05, 4.69) is 0 Å². The van der Waals surface area contributed by atoms with Crippen LogP contribution in [0.5, 0.6) is 17.2 Å². The second kappa shape index (κ2) is 6.71. The van der Waals surface area contributed by atoms with E-state index in [0.717, 1.165) is 28.0 Å². The Balaban J connectivity index is 1.73. The zero-order chi connectivity index (χ0) is 20.0. The van der Waals surface area contributed by atoms with Crippen LogP contribution in [-0.2, 0) is 4.79 Å². The van der Waals surface area contributed by atoms with Crippen molar-refractivity contribution >= 4 is 11.5 Å². The van der Waals surface area contributed by atoms with Crippen molar-refractivity contribution in [1.82, 2.24) is 0 Å². The molecular formula is C24H18O5. The number of benzene rings is 3. The van der Waals surface area contributed by atoms with Crippen LogP contribution in [0.3, 0.4) is 0 Å². The van der Waals surface area contributed by atoms with Gasteiger partial charge < -0.3 is 19.3 Å². The van der Waals surface area contributed by atoms with Gasteiger partial charge in [-0.1, -0.05) is 42.5 Å². The van der Waals surface area contributed by atoms with E-state index in [1.807, 2.05) is 66.7 Å². The molecule has 1 aliphatic heterocycles. The molecule has 0 amide bonds. The predicted octanol–water partition coefficient (Wildman–Crippen LogP) is 4.46. The van der Waals surface area contributed by atoms with E-state index in [1.54, 1.807) is 7.11 Å². The Kier molecular flexibility index (Phi) is 4.02. The minimum atomic E-state index is -0.935. The van der Waals surface area contributed by atoms with Gasteiger partial charge in [0, 0.05) is 11.5 Å². The van der Waals surface area contributed by atoms with Crippen LogP contribution in [0.2, 0.25) is 0 Å². The van der Waals surface area contributed by atoms with Crippen LogP contribution in [0.25, 0.3) is 5.57 Å². The first-order valence-electron chi connectivity index (χ1n) is 9.28. The van der Waals surface area contributed by atoms with Gasteiger partial charge in [0.25, 0.3) is 0 Å². The summed E-state index contributed by atoms with van der Waals surface area (Å²) in [7, 11) is 1.61. The maximum atomic E-state index is 12.5. The third-order valence-electron chi connectivity index (χ3n) is 5.44. The standard InChI is InChI=1S/C24H18O5/c1-27-16-9-6-14(7-10-16)21-17-4-2-3-5-18(17)22(23(21)24(25)26)15-8-11-19-20(12-15)29-13-28-19/h2-12,21H,13H2,1H3,(H,25,26). The van der Waals surface area contributed by atoms with Gasteiger partial charge in [-0.3, -0.25) is 0 Å². The number of ether oxygens (including phenoxy) is 3. The van der Waals surface area contributed by atoms with Gasteiger partial charge in [-0.2, -0.15) is 0 Å². The average molecular weight is 386 g/mol. The van der Waals surface area contributed by atoms with Crippen LogP contribution in [0, 0.1) is 0 Å². The highest BCUT2D eigenvalue weighted by atomic mass is 16.7. The van der Waals surface area contributed by atoms with Crippen molar-refractivity contribution in [1.29, 1.82) is 0 Å². The number of carboxylic acids is 1. The number of carbonyl (C=O) groups is 1. The molecular weight excluding hydrogens is 368 g/mol. The molecule has 5 rings (SSSR count). The molecule has 1 aliphatic carbocycles. The van der Waals surface area contributed by atoms with Crippen LogP contribution < -0.4 is 14.2 Å². The zero-order valence-corrected chi connectivity index (χ0v) is 15.7. The number of fused-ring (bicyclic) bond motifs is 2. The Bertz CT molecular complexity index is 1140. The Morgan fingerprint density at radius 1 is 1.00 bits per heavy atom. The van der Waals surface area contributed by atoms with Gasteiger partial charge in [0.1, 0.15) is 5.75 Å². The van der Waals surface area contributed by atoms with Crippen molar-refractivity contribution in [2.75, 3.05) is 13.9 Å². The zero-order valence-electron chi connectivity index (χ0n) is 15.7. The van der Waals surface area contributed by atoms with E-state index in [0.29, 0.717) is 22.6 Å². The lowest BCUT2D eigenvalue weighted by Crippen LogP contribution is -2.10. The molecule has 0 fully saturated rings. The van der Waals surface area contributed by atoms with E-state index in [9.17, 15) is 9.90 Å². The lowest BCUT2D eigenvalue weighted by atomic mass is 9.88. The maximum Gasteiger partial charge on any atom is 0.333 e. The van der Waals surface area contributed by atoms with Crippen LogP contribution in [0.1, 0.15) is 28.2 Å². The fourth-order valence-corrected chi connectivity index (χ4v) is 4.16. The van der Waals surface area contributed by atoms with Crippen molar-refractivity contribution in [3.63, 3.8) is 0 Å². The molecule has 3 aromatic carbocycles. The highest BCUT2D eigenvalue weighted by Crippen LogP contribution is 2.49. The molecule has 1 N–H and O–H groups in total. The summed E-state index contributed by atoms with van der Waals surface area (Å²) in [5.74, 6) is 0.732. The molecule has 5 heteroatoms. The molecule has 0 bridgehead atoms. The number of methoxy groups -OCH3 is 1. The summed E-state index contributed by atoms with van der Waals surface area (Å²) >= 11 is 0. The van der Waals surface area contributed by atoms with E-state index in [4.69, 9.17) is 14.2 Å². The number of hydrogen-bond acceptors (Lipinski definition) is 4. The van der Waals surface area contributed by atoms with Crippen LogP contribution >= 0.6 is 0 Å². The van der Waals surface area contributed by atoms with E-state index < -0.39 is 5.97 Å². The van der Waals surface area contributed by atoms with Crippen molar-refractivity contribution in [2.45, 2.75) is 5.92 Å². The summed E-state index contributed by atoms with van der Waals surface area (Å²) < 4.78 is 16.2. The normalized spacial score (nSPS) is 16.7. The third kappa shape index (κ3) is 2.74. The third-order valence-corrected chi connectivity index (χ3v) is 5.44. The summed E-state index contributed by atoms with van der Waals surface area (Å²) in [5, 5.41) is 10.2.